The lowest BCUT2D eigenvalue weighted by Gasteiger charge is -2.00. The van der Waals surface area contributed by atoms with Crippen LogP contribution in [0.2, 0.25) is 5.15 Å². The van der Waals surface area contributed by atoms with Gasteiger partial charge in [-0.3, -0.25) is 4.68 Å². The lowest BCUT2D eigenvalue weighted by atomic mass is 10.4. The third-order valence-corrected chi connectivity index (χ3v) is 2.15. The topological polar surface area (TPSA) is 52.8 Å². The number of aromatic nitrogens is 4. The fraction of sp³-hybridized carbons (Fsp3) is 0.375. The molecule has 0 aliphatic rings. The van der Waals surface area contributed by atoms with Gasteiger partial charge in [-0.05, 0) is 0 Å². The number of nitrogens with zero attached hydrogens (tertiary/aromatic N) is 4. The zero-order chi connectivity index (χ0) is 10.1. The highest BCUT2D eigenvalue weighted by Crippen LogP contribution is 2.19. The number of aryl methyl sites for hydroxylation is 1. The zero-order valence-corrected chi connectivity index (χ0v) is 8.62. The largest absolute Gasteiger partial charge is 0.377 e. The number of hydrogen-bond acceptors (Lipinski definition) is 4. The molecule has 2 aromatic rings. The molecule has 14 heavy (non-hydrogen) atoms. The molecule has 0 saturated carbocycles. The van der Waals surface area contributed by atoms with E-state index in [-0.39, 0.29) is 0 Å². The Bertz CT molecular complexity index is 468. The van der Waals surface area contributed by atoms with Crippen molar-refractivity contribution in [3.8, 4) is 0 Å². The maximum absolute atomic E-state index is 5.95. The van der Waals surface area contributed by atoms with Crippen molar-refractivity contribution >= 4 is 22.6 Å². The van der Waals surface area contributed by atoms with Crippen molar-refractivity contribution in [3.05, 3.63) is 17.2 Å². The Labute approximate surface area is 85.7 Å². The molecule has 0 saturated heterocycles. The monoisotopic (exact) mass is 212 g/mol. The predicted octanol–water partition coefficient (Wildman–Crippen LogP) is 1.16. The van der Waals surface area contributed by atoms with Crippen LogP contribution in [-0.2, 0) is 18.4 Å². The predicted molar refractivity (Wildman–Crippen MR) is 52.0 cm³/mol. The second kappa shape index (κ2) is 3.51. The second-order valence-corrected chi connectivity index (χ2v) is 3.23. The first kappa shape index (κ1) is 9.36. The summed E-state index contributed by atoms with van der Waals surface area (Å²) in [6.45, 7) is 0.348. The van der Waals surface area contributed by atoms with E-state index in [1.165, 1.54) is 0 Å². The van der Waals surface area contributed by atoms with Crippen LogP contribution in [-0.4, -0.2) is 26.9 Å². The molecule has 0 fully saturated rings. The Hall–Kier alpha value is -1.20. The fourth-order valence-electron chi connectivity index (χ4n) is 1.22. The number of ether oxygens (including phenoxy) is 1. The smallest absolute Gasteiger partial charge is 0.162 e. The molecule has 0 atom stereocenters. The number of rotatable bonds is 2. The summed E-state index contributed by atoms with van der Waals surface area (Å²) in [5.74, 6) is 0.564. The van der Waals surface area contributed by atoms with E-state index in [1.807, 2.05) is 7.05 Å². The molecular formula is C8H9ClN4O. The molecule has 74 valence electrons. The summed E-state index contributed by atoms with van der Waals surface area (Å²) >= 11 is 5.95. The van der Waals surface area contributed by atoms with Gasteiger partial charge >= 0.3 is 0 Å². The third kappa shape index (κ3) is 1.44. The molecule has 5 nitrogen and oxygen atoms in total. The molecule has 6 heteroatoms. The Morgan fingerprint density at radius 2 is 2.29 bits per heavy atom. The Morgan fingerprint density at radius 3 is 3.00 bits per heavy atom. The van der Waals surface area contributed by atoms with Crippen LogP contribution < -0.4 is 0 Å². The van der Waals surface area contributed by atoms with E-state index >= 15 is 0 Å². The van der Waals surface area contributed by atoms with Crippen LogP contribution in [0.15, 0.2) is 6.20 Å². The molecular weight excluding hydrogens is 204 g/mol. The van der Waals surface area contributed by atoms with Crippen molar-refractivity contribution in [1.82, 2.24) is 19.7 Å². The van der Waals surface area contributed by atoms with Gasteiger partial charge in [0.05, 0.1) is 11.6 Å². The average Bonchev–Trinajstić information content (AvgIpc) is 2.49. The molecule has 0 aliphatic heterocycles. The Balaban J connectivity index is 2.63. The lowest BCUT2D eigenvalue weighted by Crippen LogP contribution is -2.00. The first-order valence-electron chi connectivity index (χ1n) is 4.05. The second-order valence-electron chi connectivity index (χ2n) is 2.87. The molecule has 0 amide bonds. The van der Waals surface area contributed by atoms with Crippen molar-refractivity contribution < 1.29 is 4.74 Å². The Kier molecular flexibility index (Phi) is 2.35. The van der Waals surface area contributed by atoms with Crippen LogP contribution >= 0.6 is 11.6 Å². The normalized spacial score (nSPS) is 11.1. The highest BCUT2D eigenvalue weighted by Gasteiger charge is 2.08. The van der Waals surface area contributed by atoms with Crippen molar-refractivity contribution in [1.29, 1.82) is 0 Å². The molecule has 0 radical (unpaired) electrons. The molecule has 0 aliphatic carbocycles. The minimum atomic E-state index is 0.348. The summed E-state index contributed by atoms with van der Waals surface area (Å²) in [7, 11) is 3.40. The summed E-state index contributed by atoms with van der Waals surface area (Å²) < 4.78 is 6.59. The van der Waals surface area contributed by atoms with Gasteiger partial charge in [0.1, 0.15) is 11.8 Å². The van der Waals surface area contributed by atoms with E-state index in [4.69, 9.17) is 16.3 Å². The summed E-state index contributed by atoms with van der Waals surface area (Å²) in [5, 5.41) is 5.22. The van der Waals surface area contributed by atoms with Crippen LogP contribution in [0.3, 0.4) is 0 Å². The van der Waals surface area contributed by atoms with E-state index < -0.39 is 0 Å². The first-order chi connectivity index (χ1) is 6.72. The van der Waals surface area contributed by atoms with Crippen LogP contribution in [0.5, 0.6) is 0 Å². The van der Waals surface area contributed by atoms with Crippen LogP contribution in [0.1, 0.15) is 5.82 Å². The third-order valence-electron chi connectivity index (χ3n) is 1.87. The molecule has 0 unspecified atom stereocenters. The number of methoxy groups -OCH3 is 1. The van der Waals surface area contributed by atoms with E-state index in [1.54, 1.807) is 18.0 Å². The highest BCUT2D eigenvalue weighted by molar-refractivity contribution is 6.33. The van der Waals surface area contributed by atoms with Crippen LogP contribution in [0.4, 0.5) is 0 Å². The van der Waals surface area contributed by atoms with Gasteiger partial charge in [0.2, 0.25) is 0 Å². The van der Waals surface area contributed by atoms with E-state index in [9.17, 15) is 0 Å². The molecule has 2 rings (SSSR count). The summed E-state index contributed by atoms with van der Waals surface area (Å²) in [4.78, 5) is 8.35. The van der Waals surface area contributed by atoms with Gasteiger partial charge in [0.15, 0.2) is 11.5 Å². The molecule has 0 bridgehead atoms. The van der Waals surface area contributed by atoms with Crippen molar-refractivity contribution in [3.63, 3.8) is 0 Å². The maximum Gasteiger partial charge on any atom is 0.162 e. The fourth-order valence-corrected chi connectivity index (χ4v) is 1.45. The van der Waals surface area contributed by atoms with Gasteiger partial charge in [-0.15, -0.1) is 0 Å². The molecule has 2 heterocycles. The van der Waals surface area contributed by atoms with Gasteiger partial charge in [0.25, 0.3) is 0 Å². The van der Waals surface area contributed by atoms with Crippen LogP contribution in [0.25, 0.3) is 11.0 Å². The Morgan fingerprint density at radius 1 is 1.50 bits per heavy atom. The van der Waals surface area contributed by atoms with Crippen molar-refractivity contribution in [2.45, 2.75) is 6.61 Å². The SMILES string of the molecule is COCc1nc(Cl)c2cnn(C)c2n1. The minimum absolute atomic E-state index is 0.348. The number of halogens is 1. The van der Waals surface area contributed by atoms with Gasteiger partial charge in [-0.1, -0.05) is 11.6 Å². The van der Waals surface area contributed by atoms with Gasteiger partial charge in [-0.2, -0.15) is 5.10 Å². The van der Waals surface area contributed by atoms with Gasteiger partial charge < -0.3 is 4.74 Å². The van der Waals surface area contributed by atoms with Crippen LogP contribution in [0, 0.1) is 0 Å². The number of fused-ring (bicyclic) bond motifs is 1. The van der Waals surface area contributed by atoms with Crippen molar-refractivity contribution in [2.75, 3.05) is 7.11 Å². The summed E-state index contributed by atoms with van der Waals surface area (Å²) in [6, 6.07) is 0. The van der Waals surface area contributed by atoms with E-state index in [2.05, 4.69) is 15.1 Å². The highest BCUT2D eigenvalue weighted by atomic mass is 35.5. The van der Waals surface area contributed by atoms with Gasteiger partial charge in [0, 0.05) is 14.2 Å². The van der Waals surface area contributed by atoms with E-state index in [0.29, 0.717) is 17.6 Å². The minimum Gasteiger partial charge on any atom is -0.377 e. The molecule has 0 N–H and O–H groups in total. The summed E-state index contributed by atoms with van der Waals surface area (Å²) in [5.41, 5.74) is 0.719. The summed E-state index contributed by atoms with van der Waals surface area (Å²) in [6.07, 6.45) is 1.65. The van der Waals surface area contributed by atoms with Crippen molar-refractivity contribution in [2.24, 2.45) is 7.05 Å². The molecule has 0 aromatic carbocycles. The first-order valence-corrected chi connectivity index (χ1v) is 4.43. The molecule has 0 spiro atoms. The average molecular weight is 213 g/mol. The standard InChI is InChI=1S/C8H9ClN4O/c1-13-8-5(3-10-13)7(9)11-6(12-8)4-14-2/h3H,4H2,1-2H3. The zero-order valence-electron chi connectivity index (χ0n) is 7.86. The number of hydrogen-bond donors (Lipinski definition) is 0. The maximum atomic E-state index is 5.95. The quantitative estimate of drug-likeness (QED) is 0.702. The molecule has 2 aromatic heterocycles. The lowest BCUT2D eigenvalue weighted by molar-refractivity contribution is 0.178. The van der Waals surface area contributed by atoms with Gasteiger partial charge in [-0.25, -0.2) is 9.97 Å². The van der Waals surface area contributed by atoms with E-state index in [0.717, 1.165) is 11.0 Å².